The molecule has 2 N–H and O–H groups in total. The normalized spacial score (nSPS) is 18.6. The van der Waals surface area contributed by atoms with Gasteiger partial charge in [0.2, 0.25) is 17.6 Å². The topological polar surface area (TPSA) is 105 Å². The van der Waals surface area contributed by atoms with Crippen molar-refractivity contribution in [2.45, 2.75) is 26.3 Å². The highest BCUT2D eigenvalue weighted by molar-refractivity contribution is 5.71. The summed E-state index contributed by atoms with van der Waals surface area (Å²) in [6, 6.07) is 10.3. The standard InChI is InChI=1S/C21H29N7O2/c1-16-7-9-27(10-8-16)21-23-19(22)18(28(29)30)20(24-21)26-13-11-25(12-14-26)15-17-5-3-2-4-6-17/h2-6,16H,7-15H2,1H3,(H2,22,23,24). The van der Waals surface area contributed by atoms with Crippen LogP contribution >= 0.6 is 0 Å². The van der Waals surface area contributed by atoms with Gasteiger partial charge in [0.05, 0.1) is 4.92 Å². The van der Waals surface area contributed by atoms with Gasteiger partial charge >= 0.3 is 5.69 Å². The molecule has 0 saturated carbocycles. The third-order valence-corrected chi connectivity index (χ3v) is 6.05. The molecule has 0 spiro atoms. The van der Waals surface area contributed by atoms with E-state index in [2.05, 4.69) is 38.8 Å². The first-order valence-corrected chi connectivity index (χ1v) is 10.6. The predicted octanol–water partition coefficient (Wildman–Crippen LogP) is 2.53. The largest absolute Gasteiger partial charge is 0.378 e. The van der Waals surface area contributed by atoms with Gasteiger partial charge in [-0.1, -0.05) is 37.3 Å². The van der Waals surface area contributed by atoms with E-state index in [1.807, 2.05) is 23.1 Å². The lowest BCUT2D eigenvalue weighted by Gasteiger charge is -2.36. The van der Waals surface area contributed by atoms with Gasteiger partial charge in [-0.2, -0.15) is 9.97 Å². The van der Waals surface area contributed by atoms with Crippen LogP contribution in [-0.4, -0.2) is 59.1 Å². The zero-order valence-corrected chi connectivity index (χ0v) is 17.4. The maximum atomic E-state index is 11.7. The van der Waals surface area contributed by atoms with E-state index in [4.69, 9.17) is 5.73 Å². The molecule has 9 heteroatoms. The average molecular weight is 412 g/mol. The van der Waals surface area contributed by atoms with Crippen LogP contribution < -0.4 is 15.5 Å². The number of nitrogen functional groups attached to an aromatic ring is 1. The molecule has 3 heterocycles. The van der Waals surface area contributed by atoms with Crippen LogP contribution in [0.4, 0.5) is 23.3 Å². The third-order valence-electron chi connectivity index (χ3n) is 6.05. The van der Waals surface area contributed by atoms with Crippen molar-refractivity contribution in [1.29, 1.82) is 0 Å². The molecule has 0 aliphatic carbocycles. The summed E-state index contributed by atoms with van der Waals surface area (Å²) in [6.07, 6.45) is 2.13. The quantitative estimate of drug-likeness (QED) is 0.591. The Morgan fingerprint density at radius 1 is 1.03 bits per heavy atom. The van der Waals surface area contributed by atoms with E-state index in [1.165, 1.54) is 5.56 Å². The number of aromatic nitrogens is 2. The number of piperazine rings is 1. The summed E-state index contributed by atoms with van der Waals surface area (Å²) in [4.78, 5) is 26.6. The summed E-state index contributed by atoms with van der Waals surface area (Å²) in [5.74, 6) is 1.48. The number of nitrogens with two attached hydrogens (primary N) is 1. The fourth-order valence-corrected chi connectivity index (χ4v) is 4.15. The van der Waals surface area contributed by atoms with Crippen LogP contribution in [0.1, 0.15) is 25.3 Å². The van der Waals surface area contributed by atoms with E-state index in [0.717, 1.165) is 45.6 Å². The van der Waals surface area contributed by atoms with E-state index < -0.39 is 4.92 Å². The highest BCUT2D eigenvalue weighted by atomic mass is 16.6. The molecule has 160 valence electrons. The first-order chi connectivity index (χ1) is 14.5. The number of rotatable bonds is 5. The molecule has 2 fully saturated rings. The summed E-state index contributed by atoms with van der Waals surface area (Å²) in [5, 5.41) is 11.7. The van der Waals surface area contributed by atoms with E-state index >= 15 is 0 Å². The highest BCUT2D eigenvalue weighted by Gasteiger charge is 2.31. The summed E-state index contributed by atoms with van der Waals surface area (Å²) in [5.41, 5.74) is 7.13. The number of benzene rings is 1. The average Bonchev–Trinajstić information content (AvgIpc) is 2.75. The van der Waals surface area contributed by atoms with Gasteiger partial charge in [-0.05, 0) is 24.3 Å². The maximum Gasteiger partial charge on any atom is 0.353 e. The Kier molecular flexibility index (Phi) is 5.98. The molecule has 0 atom stereocenters. The Labute approximate surface area is 176 Å². The molecule has 4 rings (SSSR count). The van der Waals surface area contributed by atoms with Crippen molar-refractivity contribution in [1.82, 2.24) is 14.9 Å². The smallest absolute Gasteiger partial charge is 0.353 e. The van der Waals surface area contributed by atoms with Crippen molar-refractivity contribution in [3.63, 3.8) is 0 Å². The first kappa shape index (κ1) is 20.3. The minimum absolute atomic E-state index is 0.0506. The van der Waals surface area contributed by atoms with E-state index in [0.29, 0.717) is 30.8 Å². The summed E-state index contributed by atoms with van der Waals surface area (Å²) in [6.45, 7) is 7.77. The Morgan fingerprint density at radius 2 is 1.70 bits per heavy atom. The molecule has 0 unspecified atom stereocenters. The van der Waals surface area contributed by atoms with Gasteiger partial charge < -0.3 is 15.5 Å². The number of nitrogens with zero attached hydrogens (tertiary/aromatic N) is 6. The molecule has 0 amide bonds. The maximum absolute atomic E-state index is 11.7. The minimum atomic E-state index is -0.455. The summed E-state index contributed by atoms with van der Waals surface area (Å²) < 4.78 is 0. The molecule has 1 aromatic heterocycles. The minimum Gasteiger partial charge on any atom is -0.378 e. The zero-order valence-electron chi connectivity index (χ0n) is 17.4. The lowest BCUT2D eigenvalue weighted by molar-refractivity contribution is -0.383. The van der Waals surface area contributed by atoms with Gasteiger partial charge in [-0.25, -0.2) is 0 Å². The molecule has 2 aliphatic heterocycles. The fraction of sp³-hybridized carbons (Fsp3) is 0.524. The Bertz CT molecular complexity index is 876. The monoisotopic (exact) mass is 411 g/mol. The summed E-state index contributed by atoms with van der Waals surface area (Å²) in [7, 11) is 0. The SMILES string of the molecule is CC1CCN(c2nc(N)c([N+](=O)[O-])c(N3CCN(Cc4ccccc4)CC3)n2)CC1. The van der Waals surface area contributed by atoms with Crippen LogP contribution in [0.5, 0.6) is 0 Å². The zero-order chi connectivity index (χ0) is 21.1. The molecule has 0 radical (unpaired) electrons. The van der Waals surface area contributed by atoms with Crippen LogP contribution in [0.15, 0.2) is 30.3 Å². The van der Waals surface area contributed by atoms with E-state index in [-0.39, 0.29) is 11.5 Å². The number of anilines is 3. The third kappa shape index (κ3) is 4.46. The van der Waals surface area contributed by atoms with Gasteiger partial charge in [0, 0.05) is 45.8 Å². The molecule has 9 nitrogen and oxygen atoms in total. The lowest BCUT2D eigenvalue weighted by atomic mass is 10.00. The van der Waals surface area contributed by atoms with Crippen molar-refractivity contribution in [2.75, 3.05) is 54.8 Å². The second kappa shape index (κ2) is 8.83. The van der Waals surface area contributed by atoms with Crippen LogP contribution in [0.3, 0.4) is 0 Å². The Hall–Kier alpha value is -2.94. The lowest BCUT2D eigenvalue weighted by Crippen LogP contribution is -2.46. The van der Waals surface area contributed by atoms with E-state index in [1.54, 1.807) is 0 Å². The second-order valence-electron chi connectivity index (χ2n) is 8.26. The van der Waals surface area contributed by atoms with Crippen LogP contribution in [0, 0.1) is 16.0 Å². The van der Waals surface area contributed by atoms with Crippen molar-refractivity contribution < 1.29 is 4.92 Å². The first-order valence-electron chi connectivity index (χ1n) is 10.6. The van der Waals surface area contributed by atoms with Crippen molar-refractivity contribution in [3.8, 4) is 0 Å². The molecular formula is C21H29N7O2. The molecule has 30 heavy (non-hydrogen) atoms. The molecule has 2 saturated heterocycles. The number of piperidine rings is 1. The number of hydrogen-bond donors (Lipinski definition) is 1. The fourth-order valence-electron chi connectivity index (χ4n) is 4.15. The van der Waals surface area contributed by atoms with Crippen LogP contribution in [-0.2, 0) is 6.54 Å². The van der Waals surface area contributed by atoms with Gasteiger partial charge in [0.1, 0.15) is 0 Å². The van der Waals surface area contributed by atoms with E-state index in [9.17, 15) is 10.1 Å². The van der Waals surface area contributed by atoms with Crippen LogP contribution in [0.2, 0.25) is 0 Å². The second-order valence-corrected chi connectivity index (χ2v) is 8.26. The molecule has 0 bridgehead atoms. The molecule has 2 aromatic rings. The molecule has 2 aliphatic rings. The predicted molar refractivity (Wildman–Crippen MR) is 118 cm³/mol. The van der Waals surface area contributed by atoms with Gasteiger partial charge in [-0.15, -0.1) is 0 Å². The van der Waals surface area contributed by atoms with Crippen molar-refractivity contribution in [3.05, 3.63) is 46.0 Å². The van der Waals surface area contributed by atoms with Gasteiger partial charge in [0.15, 0.2) is 0 Å². The molecule has 1 aromatic carbocycles. The number of nitro groups is 1. The Balaban J connectivity index is 1.51. The van der Waals surface area contributed by atoms with Crippen molar-refractivity contribution >= 4 is 23.3 Å². The highest BCUT2D eigenvalue weighted by Crippen LogP contribution is 2.34. The van der Waals surface area contributed by atoms with Crippen molar-refractivity contribution in [2.24, 2.45) is 5.92 Å². The molecular weight excluding hydrogens is 382 g/mol. The van der Waals surface area contributed by atoms with Crippen LogP contribution in [0.25, 0.3) is 0 Å². The Morgan fingerprint density at radius 3 is 2.33 bits per heavy atom. The van der Waals surface area contributed by atoms with Gasteiger partial charge in [0.25, 0.3) is 0 Å². The van der Waals surface area contributed by atoms with Gasteiger partial charge in [-0.3, -0.25) is 15.0 Å². The summed E-state index contributed by atoms with van der Waals surface area (Å²) >= 11 is 0. The number of hydrogen-bond acceptors (Lipinski definition) is 8.